The molecule has 0 radical (unpaired) electrons. The Morgan fingerprint density at radius 3 is 2.67 bits per heavy atom. The van der Waals surface area contributed by atoms with Crippen LogP contribution in [0.25, 0.3) is 10.9 Å². The Labute approximate surface area is 156 Å². The molecule has 1 aromatic carbocycles. The number of rotatable bonds is 5. The number of nitro benzene ring substituents is 1. The first-order chi connectivity index (χ1) is 12.8. The van der Waals surface area contributed by atoms with Gasteiger partial charge in [-0.25, -0.2) is 17.7 Å². The van der Waals surface area contributed by atoms with E-state index in [9.17, 15) is 23.8 Å². The number of hydrogen-bond donors (Lipinski definition) is 1. The van der Waals surface area contributed by atoms with E-state index >= 15 is 0 Å². The topological polar surface area (TPSA) is 129 Å². The maximum atomic E-state index is 11.9. The minimum atomic E-state index is -3.18. The smallest absolute Gasteiger partial charge is 0.270 e. The predicted octanol–water partition coefficient (Wildman–Crippen LogP) is 2.24. The molecular weight excluding hydrogens is 370 g/mol. The lowest BCUT2D eigenvalue weighted by molar-refractivity contribution is -0.384. The summed E-state index contributed by atoms with van der Waals surface area (Å²) < 4.78 is 25.4. The van der Waals surface area contributed by atoms with Crippen LogP contribution >= 0.6 is 0 Å². The van der Waals surface area contributed by atoms with Crippen LogP contribution in [0.1, 0.15) is 25.3 Å². The van der Waals surface area contributed by atoms with E-state index in [1.165, 1.54) is 22.5 Å². The molecule has 10 heteroatoms. The highest BCUT2D eigenvalue weighted by atomic mass is 32.2. The summed E-state index contributed by atoms with van der Waals surface area (Å²) in [4.78, 5) is 14.9. The fraction of sp³-hybridized carbons (Fsp3) is 0.412. The lowest BCUT2D eigenvalue weighted by Crippen LogP contribution is -2.43. The number of aromatic nitrogens is 1. The van der Waals surface area contributed by atoms with E-state index in [1.54, 1.807) is 13.0 Å². The molecule has 1 aromatic heterocycles. The van der Waals surface area contributed by atoms with Gasteiger partial charge in [-0.2, -0.15) is 5.26 Å². The molecule has 0 saturated carbocycles. The van der Waals surface area contributed by atoms with Crippen molar-refractivity contribution in [1.82, 2.24) is 9.29 Å². The van der Waals surface area contributed by atoms with Gasteiger partial charge in [0.1, 0.15) is 5.82 Å². The lowest BCUT2D eigenvalue weighted by Gasteiger charge is -2.31. The van der Waals surface area contributed by atoms with Gasteiger partial charge in [0.25, 0.3) is 5.69 Å². The van der Waals surface area contributed by atoms with Gasteiger partial charge in [-0.05, 0) is 31.9 Å². The molecule has 0 spiro atoms. The summed E-state index contributed by atoms with van der Waals surface area (Å²) in [5.74, 6) is 0.597. The summed E-state index contributed by atoms with van der Waals surface area (Å²) in [6.45, 7) is 2.52. The lowest BCUT2D eigenvalue weighted by atomic mass is 10.1. The van der Waals surface area contributed by atoms with Crippen LogP contribution in [-0.4, -0.2) is 47.5 Å². The molecule has 1 aliphatic rings. The van der Waals surface area contributed by atoms with Crippen LogP contribution < -0.4 is 5.32 Å². The normalized spacial score (nSPS) is 16.1. The predicted molar refractivity (Wildman–Crippen MR) is 101 cm³/mol. The van der Waals surface area contributed by atoms with Gasteiger partial charge in [-0.15, -0.1) is 0 Å². The van der Waals surface area contributed by atoms with Crippen LogP contribution in [0.15, 0.2) is 24.3 Å². The number of nitro groups is 1. The Morgan fingerprint density at radius 2 is 2.07 bits per heavy atom. The molecule has 1 N–H and O–H groups in total. The molecule has 142 valence electrons. The maximum Gasteiger partial charge on any atom is 0.270 e. The molecule has 0 aliphatic carbocycles. The first-order valence-corrected chi connectivity index (χ1v) is 10.2. The minimum absolute atomic E-state index is 0.0443. The van der Waals surface area contributed by atoms with Gasteiger partial charge >= 0.3 is 0 Å². The Morgan fingerprint density at radius 1 is 1.37 bits per heavy atom. The molecule has 1 saturated heterocycles. The zero-order valence-electron chi connectivity index (χ0n) is 14.8. The van der Waals surface area contributed by atoms with Crippen LogP contribution in [0, 0.1) is 21.4 Å². The van der Waals surface area contributed by atoms with Gasteiger partial charge in [-0.3, -0.25) is 10.1 Å². The molecule has 0 amide bonds. The van der Waals surface area contributed by atoms with E-state index in [4.69, 9.17) is 0 Å². The number of pyridine rings is 1. The molecule has 1 fully saturated rings. The number of nitrogens with zero attached hydrogens (tertiary/aromatic N) is 4. The molecule has 9 nitrogen and oxygen atoms in total. The van der Waals surface area contributed by atoms with Crippen molar-refractivity contribution in [3.63, 3.8) is 0 Å². The summed E-state index contributed by atoms with van der Waals surface area (Å²) in [5, 5.41) is 24.0. The summed E-state index contributed by atoms with van der Waals surface area (Å²) in [7, 11) is -3.18. The third-order valence-corrected chi connectivity index (χ3v) is 6.57. The van der Waals surface area contributed by atoms with E-state index in [1.807, 2.05) is 0 Å². The van der Waals surface area contributed by atoms with Crippen LogP contribution in [0.2, 0.25) is 0 Å². The van der Waals surface area contributed by atoms with Gasteiger partial charge in [0.05, 0.1) is 27.8 Å². The highest BCUT2D eigenvalue weighted by Gasteiger charge is 2.27. The number of nitrogens with one attached hydrogen (secondary N) is 1. The van der Waals surface area contributed by atoms with E-state index in [0.29, 0.717) is 48.2 Å². The van der Waals surface area contributed by atoms with Gasteiger partial charge in [-0.1, -0.05) is 0 Å². The Kier molecular flexibility index (Phi) is 5.25. The number of fused-ring (bicyclic) bond motifs is 1. The molecule has 1 aliphatic heterocycles. The van der Waals surface area contributed by atoms with Crippen molar-refractivity contribution < 1.29 is 13.3 Å². The Balaban J connectivity index is 1.79. The maximum absolute atomic E-state index is 11.9. The van der Waals surface area contributed by atoms with Crippen LogP contribution in [0.4, 0.5) is 11.5 Å². The monoisotopic (exact) mass is 389 g/mol. The van der Waals surface area contributed by atoms with Crippen molar-refractivity contribution in [1.29, 1.82) is 5.26 Å². The summed E-state index contributed by atoms with van der Waals surface area (Å²) in [5.41, 5.74) is 0.705. The van der Waals surface area contributed by atoms with E-state index in [0.717, 1.165) is 0 Å². The number of piperidine rings is 1. The quantitative estimate of drug-likeness (QED) is 0.613. The molecule has 27 heavy (non-hydrogen) atoms. The highest BCUT2D eigenvalue weighted by molar-refractivity contribution is 7.89. The van der Waals surface area contributed by atoms with E-state index < -0.39 is 14.9 Å². The van der Waals surface area contributed by atoms with Gasteiger partial charge in [0.15, 0.2) is 0 Å². The number of nitriles is 1. The summed E-state index contributed by atoms with van der Waals surface area (Å²) in [6.07, 6.45) is 1.28. The molecule has 0 bridgehead atoms. The number of hydrogen-bond acceptors (Lipinski definition) is 7. The SMILES string of the molecule is CCS(=O)(=O)N1CCC(Nc2cc(C#N)c3cc([N+](=O)[O-])ccc3n2)CC1. The van der Waals surface area contributed by atoms with E-state index in [2.05, 4.69) is 16.4 Å². The molecule has 0 atom stereocenters. The molecule has 3 rings (SSSR count). The number of benzene rings is 1. The van der Waals surface area contributed by atoms with Gasteiger partial charge < -0.3 is 5.32 Å². The fourth-order valence-corrected chi connectivity index (χ4v) is 4.30. The number of non-ortho nitro benzene ring substituents is 1. The van der Waals surface area contributed by atoms with Crippen molar-refractivity contribution in [3.05, 3.63) is 39.9 Å². The van der Waals surface area contributed by atoms with Crippen molar-refractivity contribution in [3.8, 4) is 6.07 Å². The average Bonchev–Trinajstić information content (AvgIpc) is 2.67. The van der Waals surface area contributed by atoms with Crippen molar-refractivity contribution in [2.75, 3.05) is 24.2 Å². The second-order valence-electron chi connectivity index (χ2n) is 6.34. The van der Waals surface area contributed by atoms with Crippen LogP contribution in [-0.2, 0) is 10.0 Å². The second-order valence-corrected chi connectivity index (χ2v) is 8.60. The molecule has 0 unspecified atom stereocenters. The zero-order chi connectivity index (χ0) is 19.6. The van der Waals surface area contributed by atoms with Crippen molar-refractivity contribution in [2.24, 2.45) is 0 Å². The minimum Gasteiger partial charge on any atom is -0.367 e. The Bertz CT molecular complexity index is 1020. The number of sulfonamides is 1. The molecule has 2 aromatic rings. The van der Waals surface area contributed by atoms with Crippen LogP contribution in [0.3, 0.4) is 0 Å². The van der Waals surface area contributed by atoms with Crippen LogP contribution in [0.5, 0.6) is 0 Å². The second kappa shape index (κ2) is 7.46. The fourth-order valence-electron chi connectivity index (χ4n) is 3.16. The standard InChI is InChI=1S/C17H19N5O4S/c1-2-27(25,26)21-7-5-13(6-8-21)19-17-9-12(11-18)15-10-14(22(23)24)3-4-16(15)20-17/h3-4,9-10,13H,2,5-8H2,1H3,(H,19,20). The average molecular weight is 389 g/mol. The number of anilines is 1. The van der Waals surface area contributed by atoms with E-state index in [-0.39, 0.29) is 17.5 Å². The van der Waals surface area contributed by atoms with Crippen molar-refractivity contribution in [2.45, 2.75) is 25.8 Å². The third-order valence-electron chi connectivity index (χ3n) is 4.69. The van der Waals surface area contributed by atoms with Crippen molar-refractivity contribution >= 4 is 32.4 Å². The summed E-state index contributed by atoms with van der Waals surface area (Å²) in [6, 6.07) is 7.90. The molecular formula is C17H19N5O4S. The molecule has 2 heterocycles. The third kappa shape index (κ3) is 3.99. The first kappa shape index (κ1) is 19.0. The first-order valence-electron chi connectivity index (χ1n) is 8.57. The van der Waals surface area contributed by atoms with Gasteiger partial charge in [0, 0.05) is 36.7 Å². The zero-order valence-corrected chi connectivity index (χ0v) is 15.6. The largest absolute Gasteiger partial charge is 0.367 e. The highest BCUT2D eigenvalue weighted by Crippen LogP contribution is 2.26. The summed E-state index contributed by atoms with van der Waals surface area (Å²) >= 11 is 0. The Hall–Kier alpha value is -2.77. The van der Waals surface area contributed by atoms with Gasteiger partial charge in [0.2, 0.25) is 10.0 Å².